The van der Waals surface area contributed by atoms with Crippen molar-refractivity contribution in [2.75, 3.05) is 13.1 Å². The number of aromatic nitrogens is 5. The minimum absolute atomic E-state index is 0. The summed E-state index contributed by atoms with van der Waals surface area (Å²) < 4.78 is 2.12. The number of piperidine rings is 1. The van der Waals surface area contributed by atoms with Crippen molar-refractivity contribution in [3.63, 3.8) is 0 Å². The molecule has 0 radical (unpaired) electrons. The van der Waals surface area contributed by atoms with E-state index in [1.54, 1.807) is 6.20 Å². The number of H-pyrrole nitrogens is 1. The van der Waals surface area contributed by atoms with Crippen LogP contribution in [0.4, 0.5) is 0 Å². The van der Waals surface area contributed by atoms with Gasteiger partial charge in [0.15, 0.2) is 11.3 Å². The van der Waals surface area contributed by atoms with Crippen molar-refractivity contribution >= 4 is 29.2 Å². The Bertz CT molecular complexity index is 696. The van der Waals surface area contributed by atoms with Crippen LogP contribution < -0.4 is 5.32 Å². The lowest BCUT2D eigenvalue weighted by atomic mass is 9.99. The van der Waals surface area contributed by atoms with Gasteiger partial charge in [0.1, 0.15) is 5.82 Å². The van der Waals surface area contributed by atoms with Crippen LogP contribution in [0.25, 0.3) is 16.8 Å². The van der Waals surface area contributed by atoms with Gasteiger partial charge in [-0.3, -0.25) is 4.40 Å². The summed E-state index contributed by atoms with van der Waals surface area (Å²) in [5.41, 5.74) is 2.76. The number of nitrogens with one attached hydrogen (secondary N) is 2. The standard InChI is InChI=1S/C12H14N6.ClH/c1-2-8(6-13-4-1)12-17-16-10-7-15-11-9(18(10)12)3-5-14-11;/h3,5,7-8,13-14H,1-2,4,6H2;1H/t8-;/m1./s1. The largest absolute Gasteiger partial charge is 0.345 e. The van der Waals surface area contributed by atoms with Crippen molar-refractivity contribution in [1.29, 1.82) is 0 Å². The highest BCUT2D eigenvalue weighted by Gasteiger charge is 2.21. The first-order valence-electron chi connectivity index (χ1n) is 6.31. The molecule has 7 heteroatoms. The van der Waals surface area contributed by atoms with Gasteiger partial charge >= 0.3 is 0 Å². The van der Waals surface area contributed by atoms with E-state index in [0.717, 1.165) is 35.7 Å². The van der Waals surface area contributed by atoms with E-state index in [0.29, 0.717) is 5.92 Å². The lowest BCUT2D eigenvalue weighted by Gasteiger charge is -2.21. The van der Waals surface area contributed by atoms with Gasteiger partial charge < -0.3 is 10.3 Å². The molecule has 1 aliphatic rings. The predicted octanol–water partition coefficient (Wildman–Crippen LogP) is 1.49. The second kappa shape index (κ2) is 4.79. The molecule has 3 aromatic heterocycles. The third kappa shape index (κ3) is 1.87. The fraction of sp³-hybridized carbons (Fsp3) is 0.417. The SMILES string of the molecule is Cl.c1cc2c(ncc3nnc([C@@H]4CCCNC4)n32)[nH]1. The molecule has 1 aliphatic heterocycles. The van der Waals surface area contributed by atoms with Gasteiger partial charge in [0.25, 0.3) is 0 Å². The molecule has 0 aromatic carbocycles. The second-order valence-corrected chi connectivity index (χ2v) is 4.76. The van der Waals surface area contributed by atoms with Crippen molar-refractivity contribution in [2.24, 2.45) is 0 Å². The Kier molecular flexibility index (Phi) is 3.12. The quantitative estimate of drug-likeness (QED) is 0.708. The molecule has 0 unspecified atom stereocenters. The molecule has 1 fully saturated rings. The Balaban J connectivity index is 0.00000110. The molecule has 3 aromatic rings. The van der Waals surface area contributed by atoms with Gasteiger partial charge in [0.2, 0.25) is 0 Å². The van der Waals surface area contributed by atoms with Crippen LogP contribution in [0.2, 0.25) is 0 Å². The first kappa shape index (κ1) is 12.4. The van der Waals surface area contributed by atoms with E-state index in [2.05, 4.69) is 29.9 Å². The third-order valence-electron chi connectivity index (χ3n) is 3.63. The van der Waals surface area contributed by atoms with Gasteiger partial charge in [0.05, 0.1) is 11.7 Å². The molecule has 0 aliphatic carbocycles. The summed E-state index contributed by atoms with van der Waals surface area (Å²) in [4.78, 5) is 7.46. The summed E-state index contributed by atoms with van der Waals surface area (Å²) in [6.45, 7) is 2.09. The number of nitrogens with zero attached hydrogens (tertiary/aromatic N) is 4. The Hall–Kier alpha value is -1.66. The topological polar surface area (TPSA) is 70.9 Å². The number of fused-ring (bicyclic) bond motifs is 3. The molecule has 0 saturated carbocycles. The van der Waals surface area contributed by atoms with Crippen molar-refractivity contribution in [2.45, 2.75) is 18.8 Å². The summed E-state index contributed by atoms with van der Waals surface area (Å²) in [7, 11) is 0. The predicted molar refractivity (Wildman–Crippen MR) is 74.7 cm³/mol. The lowest BCUT2D eigenvalue weighted by Crippen LogP contribution is -2.29. The van der Waals surface area contributed by atoms with Crippen molar-refractivity contribution in [1.82, 2.24) is 29.9 Å². The summed E-state index contributed by atoms with van der Waals surface area (Å²) in [5, 5.41) is 12.0. The zero-order valence-corrected chi connectivity index (χ0v) is 11.2. The van der Waals surface area contributed by atoms with Crippen LogP contribution >= 0.6 is 12.4 Å². The monoisotopic (exact) mass is 278 g/mol. The highest BCUT2D eigenvalue weighted by molar-refractivity contribution is 5.85. The zero-order chi connectivity index (χ0) is 11.9. The first-order chi connectivity index (χ1) is 8.93. The van der Waals surface area contributed by atoms with Crippen LogP contribution in [0.5, 0.6) is 0 Å². The van der Waals surface area contributed by atoms with E-state index in [9.17, 15) is 0 Å². The highest BCUT2D eigenvalue weighted by atomic mass is 35.5. The summed E-state index contributed by atoms with van der Waals surface area (Å²) >= 11 is 0. The van der Waals surface area contributed by atoms with Crippen LogP contribution in [0, 0.1) is 0 Å². The van der Waals surface area contributed by atoms with E-state index in [1.165, 1.54) is 12.8 Å². The van der Waals surface area contributed by atoms with Crippen molar-refractivity contribution in [3.05, 3.63) is 24.3 Å². The Morgan fingerprint density at radius 3 is 3.11 bits per heavy atom. The minimum atomic E-state index is 0. The first-order valence-corrected chi connectivity index (χ1v) is 6.31. The second-order valence-electron chi connectivity index (χ2n) is 4.76. The molecule has 0 spiro atoms. The number of hydrogen-bond donors (Lipinski definition) is 2. The third-order valence-corrected chi connectivity index (χ3v) is 3.63. The summed E-state index contributed by atoms with van der Waals surface area (Å²) in [5.74, 6) is 1.48. The minimum Gasteiger partial charge on any atom is -0.345 e. The number of hydrogen-bond acceptors (Lipinski definition) is 4. The van der Waals surface area contributed by atoms with Gasteiger partial charge in [-0.25, -0.2) is 4.98 Å². The molecule has 6 nitrogen and oxygen atoms in total. The molecule has 1 saturated heterocycles. The van der Waals surface area contributed by atoms with Gasteiger partial charge in [-0.2, -0.15) is 0 Å². The maximum absolute atomic E-state index is 4.37. The Morgan fingerprint density at radius 1 is 1.32 bits per heavy atom. The van der Waals surface area contributed by atoms with E-state index in [1.807, 2.05) is 12.3 Å². The Morgan fingerprint density at radius 2 is 2.26 bits per heavy atom. The maximum atomic E-state index is 4.37. The fourth-order valence-corrected chi connectivity index (χ4v) is 2.73. The smallest absolute Gasteiger partial charge is 0.179 e. The van der Waals surface area contributed by atoms with Crippen molar-refractivity contribution < 1.29 is 0 Å². The molecular formula is C12H15ClN6. The maximum Gasteiger partial charge on any atom is 0.179 e. The fourth-order valence-electron chi connectivity index (χ4n) is 2.73. The van der Waals surface area contributed by atoms with Gasteiger partial charge in [-0.15, -0.1) is 22.6 Å². The molecule has 4 heterocycles. The molecule has 19 heavy (non-hydrogen) atoms. The van der Waals surface area contributed by atoms with Crippen LogP contribution in [0.3, 0.4) is 0 Å². The van der Waals surface area contributed by atoms with Gasteiger partial charge in [-0.1, -0.05) is 0 Å². The molecule has 2 N–H and O–H groups in total. The molecule has 0 bridgehead atoms. The molecule has 100 valence electrons. The Labute approximate surface area is 116 Å². The van der Waals surface area contributed by atoms with Crippen LogP contribution in [0.15, 0.2) is 18.5 Å². The normalized spacial score (nSPS) is 19.7. The lowest BCUT2D eigenvalue weighted by molar-refractivity contribution is 0.445. The molecule has 4 rings (SSSR count). The van der Waals surface area contributed by atoms with Crippen molar-refractivity contribution in [3.8, 4) is 0 Å². The van der Waals surface area contributed by atoms with E-state index < -0.39 is 0 Å². The number of halogens is 1. The van der Waals surface area contributed by atoms with Gasteiger partial charge in [0, 0.05) is 18.7 Å². The van der Waals surface area contributed by atoms with Crippen LogP contribution in [-0.2, 0) is 0 Å². The molecule has 1 atom stereocenters. The number of rotatable bonds is 1. The van der Waals surface area contributed by atoms with Gasteiger partial charge in [-0.05, 0) is 25.5 Å². The average molecular weight is 279 g/mol. The average Bonchev–Trinajstić information content (AvgIpc) is 3.05. The van der Waals surface area contributed by atoms with E-state index >= 15 is 0 Å². The van der Waals surface area contributed by atoms with E-state index in [4.69, 9.17) is 0 Å². The van der Waals surface area contributed by atoms with E-state index in [-0.39, 0.29) is 12.4 Å². The summed E-state index contributed by atoms with van der Waals surface area (Å²) in [6, 6.07) is 2.03. The summed E-state index contributed by atoms with van der Waals surface area (Å²) in [6.07, 6.45) is 6.04. The molecular weight excluding hydrogens is 264 g/mol. The zero-order valence-electron chi connectivity index (χ0n) is 10.3. The highest BCUT2D eigenvalue weighted by Crippen LogP contribution is 2.24. The van der Waals surface area contributed by atoms with Crippen LogP contribution in [-0.4, -0.2) is 37.7 Å². The number of aromatic amines is 1. The molecule has 0 amide bonds. The van der Waals surface area contributed by atoms with Crippen LogP contribution in [0.1, 0.15) is 24.6 Å².